The molecular formula is C26H38Br2O5. The Morgan fingerprint density at radius 2 is 1.48 bits per heavy atom. The van der Waals surface area contributed by atoms with Gasteiger partial charge in [0.2, 0.25) is 0 Å². The minimum atomic E-state index is -0.498. The molecule has 1 aromatic rings. The highest BCUT2D eigenvalue weighted by Crippen LogP contribution is 2.44. The van der Waals surface area contributed by atoms with Gasteiger partial charge in [0.1, 0.15) is 19.0 Å². The molecule has 5 nitrogen and oxygen atoms in total. The van der Waals surface area contributed by atoms with Gasteiger partial charge in [-0.2, -0.15) is 0 Å². The highest BCUT2D eigenvalue weighted by Gasteiger charge is 2.31. The molecular weight excluding hydrogens is 552 g/mol. The van der Waals surface area contributed by atoms with E-state index < -0.39 is 5.97 Å². The highest BCUT2D eigenvalue weighted by atomic mass is 79.9. The Morgan fingerprint density at radius 3 is 1.97 bits per heavy atom. The molecule has 0 aliphatic heterocycles. The van der Waals surface area contributed by atoms with Crippen LogP contribution in [0, 0.1) is 23.7 Å². The molecule has 1 aromatic carbocycles. The largest absolute Gasteiger partial charge is 0.488 e. The van der Waals surface area contributed by atoms with Crippen molar-refractivity contribution in [1.29, 1.82) is 0 Å². The van der Waals surface area contributed by atoms with Crippen LogP contribution in [0.2, 0.25) is 0 Å². The van der Waals surface area contributed by atoms with E-state index >= 15 is 0 Å². The van der Waals surface area contributed by atoms with E-state index in [2.05, 4.69) is 92.1 Å². The summed E-state index contributed by atoms with van der Waals surface area (Å²) in [4.78, 5) is 22.8. The molecule has 0 radical (unpaired) electrons. The van der Waals surface area contributed by atoms with Crippen molar-refractivity contribution in [3.8, 4) is 5.75 Å². The zero-order valence-corrected chi connectivity index (χ0v) is 23.8. The second-order valence-corrected chi connectivity index (χ2v) is 10.9. The lowest BCUT2D eigenvalue weighted by molar-refractivity contribution is -0.146. The molecule has 1 atom stereocenters. The summed E-state index contributed by atoms with van der Waals surface area (Å²) in [7, 11) is 0. The lowest BCUT2D eigenvalue weighted by atomic mass is 9.68. The Labute approximate surface area is 215 Å². The van der Waals surface area contributed by atoms with E-state index in [0.717, 1.165) is 15.0 Å². The van der Waals surface area contributed by atoms with E-state index in [1.54, 1.807) is 0 Å². The second-order valence-electron chi connectivity index (χ2n) is 9.19. The number of carbonyl (C=O) groups excluding carboxylic acids is 2. The molecule has 7 heteroatoms. The third kappa shape index (κ3) is 9.81. The number of ether oxygens (including phenoxy) is 3. The van der Waals surface area contributed by atoms with Crippen molar-refractivity contribution >= 4 is 43.8 Å². The first-order valence-electron chi connectivity index (χ1n) is 11.6. The van der Waals surface area contributed by atoms with Gasteiger partial charge in [0.25, 0.3) is 0 Å². The van der Waals surface area contributed by atoms with Gasteiger partial charge in [0.15, 0.2) is 0 Å². The summed E-state index contributed by atoms with van der Waals surface area (Å²) in [5.74, 6) is 2.50. The third-order valence-corrected chi connectivity index (χ3v) is 6.79. The molecule has 0 aromatic heterocycles. The molecule has 0 aliphatic rings. The zero-order valence-electron chi connectivity index (χ0n) is 20.7. The third-order valence-electron chi connectivity index (χ3n) is 5.61. The molecule has 0 bridgehead atoms. The van der Waals surface area contributed by atoms with E-state index in [-0.39, 0.29) is 32.2 Å². The minimum absolute atomic E-state index is 0.142. The maximum atomic E-state index is 11.8. The van der Waals surface area contributed by atoms with Crippen LogP contribution in [0.25, 0.3) is 0 Å². The summed E-state index contributed by atoms with van der Waals surface area (Å²) in [5, 5.41) is 0. The Morgan fingerprint density at radius 1 is 0.909 bits per heavy atom. The van der Waals surface area contributed by atoms with Gasteiger partial charge < -0.3 is 14.2 Å². The van der Waals surface area contributed by atoms with Crippen molar-refractivity contribution in [2.45, 2.75) is 60.3 Å². The maximum absolute atomic E-state index is 11.8. The fraction of sp³-hybridized carbons (Fsp3) is 0.615. The first-order valence-corrected chi connectivity index (χ1v) is 13.1. The zero-order chi connectivity index (χ0) is 25.1. The summed E-state index contributed by atoms with van der Waals surface area (Å²) in [5.41, 5.74) is 1.28. The maximum Gasteiger partial charge on any atom is 0.330 e. The predicted octanol–water partition coefficient (Wildman–Crippen LogP) is 7.31. The van der Waals surface area contributed by atoms with Gasteiger partial charge in [0, 0.05) is 12.5 Å². The van der Waals surface area contributed by atoms with Crippen molar-refractivity contribution in [2.75, 3.05) is 19.8 Å². The van der Waals surface area contributed by atoms with Crippen LogP contribution in [-0.2, 0) is 19.1 Å². The van der Waals surface area contributed by atoms with Crippen molar-refractivity contribution in [1.82, 2.24) is 0 Å². The summed E-state index contributed by atoms with van der Waals surface area (Å²) < 4.78 is 17.7. The molecule has 33 heavy (non-hydrogen) atoms. The van der Waals surface area contributed by atoms with Crippen LogP contribution < -0.4 is 4.74 Å². The molecule has 186 valence electrons. The SMILES string of the molecule is C=CC(=O)OCCCC(=O)OCCOc1c(Br)cc(C(C(C)C)C(C(C)C)C(C)C)cc1Br. The lowest BCUT2D eigenvalue weighted by Crippen LogP contribution is -2.27. The summed E-state index contributed by atoms with van der Waals surface area (Å²) in [6.45, 7) is 17.6. The number of benzene rings is 1. The number of rotatable bonds is 14. The van der Waals surface area contributed by atoms with Gasteiger partial charge in [-0.3, -0.25) is 4.79 Å². The Bertz CT molecular complexity index is 758. The van der Waals surface area contributed by atoms with E-state index in [9.17, 15) is 9.59 Å². The summed E-state index contributed by atoms with van der Waals surface area (Å²) in [6, 6.07) is 4.30. The molecule has 0 saturated carbocycles. The van der Waals surface area contributed by atoms with Crippen LogP contribution >= 0.6 is 31.9 Å². The molecule has 0 heterocycles. The van der Waals surface area contributed by atoms with Crippen LogP contribution in [0.1, 0.15) is 65.9 Å². The normalized spacial score (nSPS) is 12.4. The second kappa shape index (κ2) is 14.8. The Balaban J connectivity index is 2.70. The average Bonchev–Trinajstić information content (AvgIpc) is 2.72. The average molecular weight is 590 g/mol. The molecule has 0 saturated heterocycles. The molecule has 0 aliphatic carbocycles. The van der Waals surface area contributed by atoms with Crippen molar-refractivity contribution in [3.05, 3.63) is 39.3 Å². The Kier molecular flexibility index (Phi) is 13.3. The van der Waals surface area contributed by atoms with E-state index in [4.69, 9.17) is 14.2 Å². The van der Waals surface area contributed by atoms with Crippen LogP contribution in [-0.4, -0.2) is 31.8 Å². The molecule has 0 amide bonds. The Hall–Kier alpha value is -1.34. The molecule has 0 N–H and O–H groups in total. The molecule has 1 rings (SSSR count). The topological polar surface area (TPSA) is 61.8 Å². The number of esters is 2. The number of halogens is 2. The van der Waals surface area contributed by atoms with Crippen molar-refractivity contribution in [2.24, 2.45) is 23.7 Å². The quantitative estimate of drug-likeness (QED) is 0.129. The first-order chi connectivity index (χ1) is 15.5. The molecule has 0 fully saturated rings. The number of carbonyl (C=O) groups is 2. The molecule has 1 unspecified atom stereocenters. The van der Waals surface area contributed by atoms with Gasteiger partial charge in [-0.15, -0.1) is 0 Å². The smallest absolute Gasteiger partial charge is 0.330 e. The fourth-order valence-corrected chi connectivity index (χ4v) is 5.83. The van der Waals surface area contributed by atoms with E-state index in [0.29, 0.717) is 41.8 Å². The van der Waals surface area contributed by atoms with Crippen LogP contribution in [0.4, 0.5) is 0 Å². The lowest BCUT2D eigenvalue weighted by Gasteiger charge is -2.37. The standard InChI is InChI=1S/C26H38Br2O5/c1-8-22(29)31-11-9-10-23(30)32-12-13-33-26-20(27)14-19(15-21(26)28)25(18(6)7)24(16(2)3)17(4)5/h8,14-18,24-25H,1,9-13H2,2-7H3. The summed E-state index contributed by atoms with van der Waals surface area (Å²) in [6.07, 6.45) is 1.67. The van der Waals surface area contributed by atoms with Gasteiger partial charge in [0.05, 0.1) is 15.6 Å². The van der Waals surface area contributed by atoms with Crippen molar-refractivity contribution in [3.63, 3.8) is 0 Å². The van der Waals surface area contributed by atoms with Gasteiger partial charge in [-0.05, 0) is 85.6 Å². The van der Waals surface area contributed by atoms with Crippen molar-refractivity contribution < 1.29 is 23.8 Å². The predicted molar refractivity (Wildman–Crippen MR) is 139 cm³/mol. The van der Waals surface area contributed by atoms with Gasteiger partial charge in [-0.25, -0.2) is 4.79 Å². The van der Waals surface area contributed by atoms with E-state index in [1.165, 1.54) is 5.56 Å². The highest BCUT2D eigenvalue weighted by molar-refractivity contribution is 9.11. The van der Waals surface area contributed by atoms with Gasteiger partial charge >= 0.3 is 11.9 Å². The van der Waals surface area contributed by atoms with Crippen LogP contribution in [0.3, 0.4) is 0 Å². The number of hydrogen-bond donors (Lipinski definition) is 0. The first kappa shape index (κ1) is 29.7. The number of hydrogen-bond acceptors (Lipinski definition) is 5. The van der Waals surface area contributed by atoms with Crippen LogP contribution in [0.5, 0.6) is 5.75 Å². The monoisotopic (exact) mass is 588 g/mol. The van der Waals surface area contributed by atoms with Gasteiger partial charge in [-0.1, -0.05) is 48.1 Å². The molecule has 0 spiro atoms. The summed E-state index contributed by atoms with van der Waals surface area (Å²) >= 11 is 7.34. The fourth-order valence-electron chi connectivity index (χ4n) is 4.38. The van der Waals surface area contributed by atoms with E-state index in [1.807, 2.05) is 0 Å². The van der Waals surface area contributed by atoms with Crippen LogP contribution in [0.15, 0.2) is 33.7 Å². The minimum Gasteiger partial charge on any atom is -0.488 e.